The quantitative estimate of drug-likeness (QED) is 0.262. The molecule has 3 aromatic carbocycles. The van der Waals surface area contributed by atoms with Gasteiger partial charge in [-0.25, -0.2) is 0 Å². The van der Waals surface area contributed by atoms with Crippen molar-refractivity contribution in [2.75, 3.05) is 32.8 Å². The molecule has 0 radical (unpaired) electrons. The van der Waals surface area contributed by atoms with E-state index in [9.17, 15) is 5.11 Å². The predicted octanol–water partition coefficient (Wildman–Crippen LogP) is 7.52. The minimum atomic E-state index is 0.109. The smallest absolute Gasteiger partial charge is 0.123 e. The summed E-state index contributed by atoms with van der Waals surface area (Å²) in [6.45, 7) is 5.32. The van der Waals surface area contributed by atoms with Crippen molar-refractivity contribution >= 4 is 0 Å². The lowest BCUT2D eigenvalue weighted by molar-refractivity contribution is 0.248. The van der Waals surface area contributed by atoms with Crippen LogP contribution in [0, 0.1) is 0 Å². The molecule has 0 aliphatic carbocycles. The summed E-state index contributed by atoms with van der Waals surface area (Å²) in [6, 6.07) is 24.5. The third-order valence-electron chi connectivity index (χ3n) is 7.95. The van der Waals surface area contributed by atoms with Gasteiger partial charge in [0.15, 0.2) is 0 Å². The number of unbranched alkanes of at least 4 members (excludes halogenated alkanes) is 5. The third-order valence-corrected chi connectivity index (χ3v) is 7.95. The number of phenols is 1. The molecule has 2 aliphatic heterocycles. The highest BCUT2D eigenvalue weighted by Crippen LogP contribution is 2.47. The van der Waals surface area contributed by atoms with Gasteiger partial charge in [-0.2, -0.15) is 0 Å². The Morgan fingerprint density at radius 2 is 1.51 bits per heavy atom. The number of likely N-dealkylation sites (tertiary alicyclic amines) is 1. The summed E-state index contributed by atoms with van der Waals surface area (Å²) >= 11 is 0. The highest BCUT2D eigenvalue weighted by atomic mass is 16.5. The fourth-order valence-corrected chi connectivity index (χ4v) is 5.92. The van der Waals surface area contributed by atoms with E-state index in [2.05, 4.69) is 53.4 Å². The van der Waals surface area contributed by atoms with E-state index in [0.29, 0.717) is 6.61 Å². The van der Waals surface area contributed by atoms with Gasteiger partial charge in [-0.1, -0.05) is 68.1 Å². The van der Waals surface area contributed by atoms with Crippen molar-refractivity contribution in [2.24, 2.45) is 0 Å². The molecule has 4 nitrogen and oxygen atoms in total. The molecule has 0 saturated carbocycles. The zero-order chi connectivity index (χ0) is 25.3. The Morgan fingerprint density at radius 3 is 2.30 bits per heavy atom. The van der Waals surface area contributed by atoms with Gasteiger partial charge in [0.1, 0.15) is 17.2 Å². The molecular formula is C33H41NO3. The second-order valence-corrected chi connectivity index (χ2v) is 10.6. The van der Waals surface area contributed by atoms with Crippen LogP contribution in [-0.2, 0) is 0 Å². The van der Waals surface area contributed by atoms with Gasteiger partial charge >= 0.3 is 0 Å². The number of phenolic OH excluding ortho intramolecular Hbond substituents is 1. The number of rotatable bonds is 12. The maximum absolute atomic E-state index is 10.2. The van der Waals surface area contributed by atoms with E-state index >= 15 is 0 Å². The summed E-state index contributed by atoms with van der Waals surface area (Å²) in [5, 5.41) is 10.2. The van der Waals surface area contributed by atoms with E-state index in [0.717, 1.165) is 30.1 Å². The zero-order valence-corrected chi connectivity index (χ0v) is 22.0. The van der Waals surface area contributed by atoms with Gasteiger partial charge in [0.2, 0.25) is 0 Å². The van der Waals surface area contributed by atoms with Crippen LogP contribution in [0.1, 0.15) is 79.9 Å². The molecule has 2 heterocycles. The number of hydrogen-bond donors (Lipinski definition) is 1. The monoisotopic (exact) mass is 499 g/mol. The van der Waals surface area contributed by atoms with Crippen LogP contribution in [0.15, 0.2) is 72.8 Å². The Labute approximate surface area is 222 Å². The molecule has 1 fully saturated rings. The Kier molecular flexibility index (Phi) is 9.02. The van der Waals surface area contributed by atoms with Crippen LogP contribution in [0.25, 0.3) is 0 Å². The van der Waals surface area contributed by atoms with E-state index in [-0.39, 0.29) is 17.6 Å². The van der Waals surface area contributed by atoms with Crippen LogP contribution in [0.5, 0.6) is 17.2 Å². The topological polar surface area (TPSA) is 41.9 Å². The fraction of sp³-hybridized carbons (Fsp3) is 0.455. The Morgan fingerprint density at radius 1 is 0.784 bits per heavy atom. The van der Waals surface area contributed by atoms with E-state index in [4.69, 9.17) is 9.47 Å². The standard InChI is InChI=1S/C33H41NO3/c35-28-16-19-32-30(24-28)33(31(25-37-32)26-12-6-5-7-13-26)27-14-17-29(18-15-27)36-23-11-4-2-1-3-8-20-34-21-9-10-22-34/h5-7,12-19,24,31,33,35H,1-4,8-11,20-23,25H2/t31-,33-/m1/s1. The molecule has 2 atom stereocenters. The number of hydrogen-bond acceptors (Lipinski definition) is 4. The molecule has 196 valence electrons. The van der Waals surface area contributed by atoms with Crippen LogP contribution >= 0.6 is 0 Å². The molecule has 1 saturated heterocycles. The summed E-state index contributed by atoms with van der Waals surface area (Å²) in [7, 11) is 0. The first-order valence-corrected chi connectivity index (χ1v) is 14.2. The Bertz CT molecular complexity index is 1090. The lowest BCUT2D eigenvalue weighted by Gasteiger charge is -2.34. The maximum Gasteiger partial charge on any atom is 0.123 e. The first-order chi connectivity index (χ1) is 18.3. The van der Waals surface area contributed by atoms with E-state index in [1.165, 1.54) is 75.7 Å². The van der Waals surface area contributed by atoms with Crippen LogP contribution in [0.3, 0.4) is 0 Å². The SMILES string of the molecule is Oc1ccc2c(c1)[C@@H](c1ccc(OCCCCCCCCN3CCCC3)cc1)[C@@H](c1ccccc1)CO2. The molecule has 2 aliphatic rings. The highest BCUT2D eigenvalue weighted by Gasteiger charge is 2.33. The van der Waals surface area contributed by atoms with Gasteiger partial charge < -0.3 is 19.5 Å². The average Bonchev–Trinajstić information content (AvgIpc) is 3.46. The zero-order valence-electron chi connectivity index (χ0n) is 22.0. The van der Waals surface area contributed by atoms with Crippen molar-refractivity contribution < 1.29 is 14.6 Å². The van der Waals surface area contributed by atoms with E-state index in [1.54, 1.807) is 6.07 Å². The molecule has 4 heteroatoms. The average molecular weight is 500 g/mol. The summed E-state index contributed by atoms with van der Waals surface area (Å²) in [5.74, 6) is 2.34. The molecule has 5 rings (SSSR count). The molecule has 1 N–H and O–H groups in total. The third kappa shape index (κ3) is 6.87. The summed E-state index contributed by atoms with van der Waals surface area (Å²) in [6.07, 6.45) is 10.5. The van der Waals surface area contributed by atoms with Gasteiger partial charge in [-0.05, 0) is 86.8 Å². The summed E-state index contributed by atoms with van der Waals surface area (Å²) in [4.78, 5) is 2.62. The van der Waals surface area contributed by atoms with Crippen LogP contribution < -0.4 is 9.47 Å². The molecule has 0 unspecified atom stereocenters. The minimum Gasteiger partial charge on any atom is -0.508 e. The van der Waals surface area contributed by atoms with Gasteiger partial charge in [-0.15, -0.1) is 0 Å². The van der Waals surface area contributed by atoms with Crippen molar-refractivity contribution in [2.45, 2.75) is 63.2 Å². The molecule has 0 spiro atoms. The normalized spacial score (nSPS) is 19.4. The lowest BCUT2D eigenvalue weighted by atomic mass is 9.76. The van der Waals surface area contributed by atoms with Crippen molar-refractivity contribution in [1.29, 1.82) is 0 Å². The molecule has 0 bridgehead atoms. The second kappa shape index (κ2) is 13.0. The second-order valence-electron chi connectivity index (χ2n) is 10.6. The van der Waals surface area contributed by atoms with Crippen LogP contribution in [0.4, 0.5) is 0 Å². The first-order valence-electron chi connectivity index (χ1n) is 14.2. The van der Waals surface area contributed by atoms with Crippen molar-refractivity contribution in [3.05, 3.63) is 89.5 Å². The molecule has 0 amide bonds. The van der Waals surface area contributed by atoms with Gasteiger partial charge in [0.25, 0.3) is 0 Å². The largest absolute Gasteiger partial charge is 0.508 e. The Balaban J connectivity index is 1.12. The minimum absolute atomic E-state index is 0.109. The van der Waals surface area contributed by atoms with Crippen LogP contribution in [0.2, 0.25) is 0 Å². The van der Waals surface area contributed by atoms with E-state index < -0.39 is 0 Å². The lowest BCUT2D eigenvalue weighted by Crippen LogP contribution is -2.25. The number of benzene rings is 3. The molecule has 3 aromatic rings. The fourth-order valence-electron chi connectivity index (χ4n) is 5.92. The number of fused-ring (bicyclic) bond motifs is 1. The molecule has 0 aromatic heterocycles. The van der Waals surface area contributed by atoms with Gasteiger partial charge in [-0.3, -0.25) is 0 Å². The summed E-state index contributed by atoms with van der Waals surface area (Å²) < 4.78 is 12.2. The molecular weight excluding hydrogens is 458 g/mol. The number of aromatic hydroxyl groups is 1. The van der Waals surface area contributed by atoms with E-state index in [1.807, 2.05) is 18.2 Å². The van der Waals surface area contributed by atoms with Gasteiger partial charge in [0.05, 0.1) is 13.2 Å². The van der Waals surface area contributed by atoms with Gasteiger partial charge in [0, 0.05) is 17.4 Å². The Hall–Kier alpha value is -2.98. The number of ether oxygens (including phenoxy) is 2. The highest BCUT2D eigenvalue weighted by molar-refractivity contribution is 5.51. The molecule has 37 heavy (non-hydrogen) atoms. The van der Waals surface area contributed by atoms with Crippen molar-refractivity contribution in [3.63, 3.8) is 0 Å². The maximum atomic E-state index is 10.2. The first kappa shape index (κ1) is 25.7. The predicted molar refractivity (Wildman–Crippen MR) is 150 cm³/mol. The van der Waals surface area contributed by atoms with Crippen molar-refractivity contribution in [1.82, 2.24) is 4.90 Å². The van der Waals surface area contributed by atoms with Crippen LogP contribution in [-0.4, -0.2) is 42.9 Å². The number of nitrogens with zero attached hydrogens (tertiary/aromatic N) is 1. The summed E-state index contributed by atoms with van der Waals surface area (Å²) in [5.41, 5.74) is 3.50. The van der Waals surface area contributed by atoms with Crippen molar-refractivity contribution in [3.8, 4) is 17.2 Å².